The highest BCUT2D eigenvalue weighted by atomic mass is 19.1. The van der Waals surface area contributed by atoms with Crippen molar-refractivity contribution in [2.45, 2.75) is 38.5 Å². The first-order chi connectivity index (χ1) is 12.1. The lowest BCUT2D eigenvalue weighted by Gasteiger charge is -2.17. The SMILES string of the molecule is Cc1noc(C2CC2)c1NC(=O)N1CC[C@H](Cc2ccc(F)cc2)C1. The standard InChI is InChI=1S/C19H22FN3O2/c1-12-17(18(25-22-12)15-4-5-15)21-19(24)23-9-8-14(11-23)10-13-2-6-16(20)7-3-13/h2-3,6-7,14-15H,4-5,8-11H2,1H3,(H,21,24)/t14-/m1/s1. The zero-order chi connectivity index (χ0) is 17.4. The maximum Gasteiger partial charge on any atom is 0.322 e. The Hall–Kier alpha value is -2.37. The fourth-order valence-corrected chi connectivity index (χ4v) is 3.49. The highest BCUT2D eigenvalue weighted by molar-refractivity contribution is 5.90. The van der Waals surface area contributed by atoms with Crippen molar-refractivity contribution in [2.75, 3.05) is 18.4 Å². The number of aromatic nitrogens is 1. The van der Waals surface area contributed by atoms with Gasteiger partial charge in [0.2, 0.25) is 0 Å². The number of hydrogen-bond donors (Lipinski definition) is 1. The summed E-state index contributed by atoms with van der Waals surface area (Å²) in [5, 5.41) is 6.99. The minimum absolute atomic E-state index is 0.0881. The van der Waals surface area contributed by atoms with Crippen LogP contribution in [-0.2, 0) is 6.42 Å². The fraction of sp³-hybridized carbons (Fsp3) is 0.474. The van der Waals surface area contributed by atoms with Gasteiger partial charge < -0.3 is 14.7 Å². The van der Waals surface area contributed by atoms with Crippen molar-refractivity contribution in [1.29, 1.82) is 0 Å². The molecular formula is C19H22FN3O2. The molecule has 2 amide bonds. The largest absolute Gasteiger partial charge is 0.359 e. The molecule has 6 heteroatoms. The quantitative estimate of drug-likeness (QED) is 0.909. The van der Waals surface area contributed by atoms with Gasteiger partial charge in [-0.15, -0.1) is 0 Å². The van der Waals surface area contributed by atoms with Crippen LogP contribution in [0, 0.1) is 18.7 Å². The van der Waals surface area contributed by atoms with Crippen LogP contribution in [0.15, 0.2) is 28.8 Å². The summed E-state index contributed by atoms with van der Waals surface area (Å²) in [5.74, 6) is 1.41. The van der Waals surface area contributed by atoms with E-state index in [1.54, 1.807) is 0 Å². The molecule has 1 aliphatic heterocycles. The Bertz CT molecular complexity index is 767. The summed E-state index contributed by atoms with van der Waals surface area (Å²) >= 11 is 0. The molecular weight excluding hydrogens is 321 g/mol. The average molecular weight is 343 g/mol. The van der Waals surface area contributed by atoms with Gasteiger partial charge in [0.1, 0.15) is 17.2 Å². The number of anilines is 1. The number of likely N-dealkylation sites (tertiary alicyclic amines) is 1. The second-order valence-electron chi connectivity index (χ2n) is 7.14. The fourth-order valence-electron chi connectivity index (χ4n) is 3.49. The first-order valence-corrected chi connectivity index (χ1v) is 8.86. The zero-order valence-corrected chi connectivity index (χ0v) is 14.3. The predicted octanol–water partition coefficient (Wildman–Crippen LogP) is 4.10. The van der Waals surface area contributed by atoms with Crippen LogP contribution in [0.1, 0.15) is 42.2 Å². The third-order valence-electron chi connectivity index (χ3n) is 5.08. The van der Waals surface area contributed by atoms with Gasteiger partial charge in [0, 0.05) is 19.0 Å². The molecule has 2 heterocycles. The molecule has 0 bridgehead atoms. The molecule has 2 fully saturated rings. The monoisotopic (exact) mass is 343 g/mol. The Kier molecular flexibility index (Phi) is 4.19. The molecule has 25 heavy (non-hydrogen) atoms. The van der Waals surface area contributed by atoms with Gasteiger partial charge >= 0.3 is 6.03 Å². The summed E-state index contributed by atoms with van der Waals surface area (Å²) in [5.41, 5.74) is 2.59. The van der Waals surface area contributed by atoms with Gasteiger partial charge in [0.15, 0.2) is 5.76 Å². The Balaban J connectivity index is 1.36. The van der Waals surface area contributed by atoms with E-state index in [-0.39, 0.29) is 11.8 Å². The van der Waals surface area contributed by atoms with Crippen LogP contribution in [0.5, 0.6) is 0 Å². The van der Waals surface area contributed by atoms with Crippen molar-refractivity contribution in [1.82, 2.24) is 10.1 Å². The van der Waals surface area contributed by atoms with Crippen LogP contribution in [0.3, 0.4) is 0 Å². The second kappa shape index (κ2) is 6.50. The van der Waals surface area contributed by atoms with Crippen LogP contribution in [-0.4, -0.2) is 29.2 Å². The van der Waals surface area contributed by atoms with E-state index >= 15 is 0 Å². The molecule has 0 spiro atoms. The number of nitrogens with one attached hydrogen (secondary N) is 1. The van der Waals surface area contributed by atoms with Crippen molar-refractivity contribution in [3.05, 3.63) is 47.1 Å². The van der Waals surface area contributed by atoms with E-state index in [9.17, 15) is 9.18 Å². The van der Waals surface area contributed by atoms with Crippen LogP contribution in [0.4, 0.5) is 14.9 Å². The van der Waals surface area contributed by atoms with Crippen LogP contribution < -0.4 is 5.32 Å². The highest BCUT2D eigenvalue weighted by Crippen LogP contribution is 2.44. The molecule has 1 saturated heterocycles. The number of halogens is 1. The van der Waals surface area contributed by atoms with Gasteiger partial charge in [-0.3, -0.25) is 0 Å². The van der Waals surface area contributed by atoms with Crippen molar-refractivity contribution in [2.24, 2.45) is 5.92 Å². The number of urea groups is 1. The van der Waals surface area contributed by atoms with E-state index in [4.69, 9.17) is 4.52 Å². The summed E-state index contributed by atoms with van der Waals surface area (Å²) in [6.45, 7) is 3.30. The lowest BCUT2D eigenvalue weighted by atomic mass is 9.99. The summed E-state index contributed by atoms with van der Waals surface area (Å²) in [6, 6.07) is 6.53. The van der Waals surface area contributed by atoms with E-state index in [1.807, 2.05) is 24.0 Å². The lowest BCUT2D eigenvalue weighted by Crippen LogP contribution is -2.33. The summed E-state index contributed by atoms with van der Waals surface area (Å²) < 4.78 is 18.4. The number of nitrogens with zero attached hydrogens (tertiary/aromatic N) is 2. The van der Waals surface area contributed by atoms with Gasteiger partial charge in [-0.05, 0) is 56.2 Å². The van der Waals surface area contributed by atoms with Crippen LogP contribution in [0.2, 0.25) is 0 Å². The topological polar surface area (TPSA) is 58.4 Å². The van der Waals surface area contributed by atoms with E-state index in [0.29, 0.717) is 18.4 Å². The number of aryl methyl sites for hydroxylation is 1. The van der Waals surface area contributed by atoms with E-state index in [0.717, 1.165) is 54.9 Å². The maximum atomic E-state index is 13.0. The number of hydrogen-bond acceptors (Lipinski definition) is 3. The Morgan fingerprint density at radius 2 is 2.08 bits per heavy atom. The number of benzene rings is 1. The molecule has 1 N–H and O–H groups in total. The second-order valence-corrected chi connectivity index (χ2v) is 7.14. The Labute approximate surface area is 146 Å². The third-order valence-corrected chi connectivity index (χ3v) is 5.08. The van der Waals surface area contributed by atoms with E-state index < -0.39 is 0 Å². The van der Waals surface area contributed by atoms with Gasteiger partial charge in [-0.25, -0.2) is 9.18 Å². The predicted molar refractivity (Wildman–Crippen MR) is 92.0 cm³/mol. The molecule has 132 valence electrons. The number of rotatable bonds is 4. The lowest BCUT2D eigenvalue weighted by molar-refractivity contribution is 0.220. The first-order valence-electron chi connectivity index (χ1n) is 8.86. The molecule has 2 aliphatic rings. The molecule has 1 saturated carbocycles. The molecule has 2 aromatic rings. The van der Waals surface area contributed by atoms with Gasteiger partial charge in [-0.1, -0.05) is 17.3 Å². The van der Waals surface area contributed by atoms with Gasteiger partial charge in [0.05, 0.1) is 0 Å². The van der Waals surface area contributed by atoms with E-state index in [1.165, 1.54) is 12.1 Å². The molecule has 1 atom stereocenters. The van der Waals surface area contributed by atoms with Crippen molar-refractivity contribution in [3.8, 4) is 0 Å². The Morgan fingerprint density at radius 3 is 2.80 bits per heavy atom. The molecule has 0 unspecified atom stereocenters. The normalized spacial score (nSPS) is 20.1. The van der Waals surface area contributed by atoms with Crippen molar-refractivity contribution in [3.63, 3.8) is 0 Å². The minimum Gasteiger partial charge on any atom is -0.359 e. The third kappa shape index (κ3) is 3.52. The highest BCUT2D eigenvalue weighted by Gasteiger charge is 2.33. The van der Waals surface area contributed by atoms with Crippen molar-refractivity contribution >= 4 is 11.7 Å². The van der Waals surface area contributed by atoms with Crippen molar-refractivity contribution < 1.29 is 13.7 Å². The van der Waals surface area contributed by atoms with Gasteiger partial charge in [0.25, 0.3) is 0 Å². The average Bonchev–Trinajstić information content (AvgIpc) is 3.23. The smallest absolute Gasteiger partial charge is 0.322 e. The summed E-state index contributed by atoms with van der Waals surface area (Å²) in [4.78, 5) is 14.4. The maximum absolute atomic E-state index is 13.0. The molecule has 1 aromatic carbocycles. The van der Waals surface area contributed by atoms with E-state index in [2.05, 4.69) is 10.5 Å². The zero-order valence-electron chi connectivity index (χ0n) is 14.3. The molecule has 4 rings (SSSR count). The summed E-state index contributed by atoms with van der Waals surface area (Å²) in [7, 11) is 0. The summed E-state index contributed by atoms with van der Waals surface area (Å²) in [6.07, 6.45) is 4.02. The number of amides is 2. The molecule has 1 aliphatic carbocycles. The first kappa shape index (κ1) is 16.1. The number of carbonyl (C=O) groups is 1. The molecule has 0 radical (unpaired) electrons. The minimum atomic E-state index is -0.216. The van der Waals surface area contributed by atoms with Gasteiger partial charge in [-0.2, -0.15) is 0 Å². The number of carbonyl (C=O) groups excluding carboxylic acids is 1. The Morgan fingerprint density at radius 1 is 1.32 bits per heavy atom. The molecule has 1 aromatic heterocycles. The molecule has 5 nitrogen and oxygen atoms in total. The van der Waals surface area contributed by atoms with Crippen LogP contribution >= 0.6 is 0 Å². The van der Waals surface area contributed by atoms with Crippen LogP contribution in [0.25, 0.3) is 0 Å².